The molecule has 0 radical (unpaired) electrons. The van der Waals surface area contributed by atoms with Crippen molar-refractivity contribution in [1.82, 2.24) is 4.98 Å². The third kappa shape index (κ3) is 3.01. The standard InChI is InChI=1S/C14H14ClNO2S/c1-8-4-5-10(15)13-11(19-7-12(17)18-3)6-9(2)16-14(8)13/h4-6H,7H2,1-3H3. The number of ether oxygens (including phenoxy) is 1. The first-order valence-electron chi connectivity index (χ1n) is 5.79. The molecule has 0 unspecified atom stereocenters. The van der Waals surface area contributed by atoms with Crippen molar-refractivity contribution in [2.45, 2.75) is 18.7 Å². The molecule has 2 rings (SSSR count). The normalized spacial score (nSPS) is 10.7. The zero-order chi connectivity index (χ0) is 14.0. The number of nitrogens with zero attached hydrogens (tertiary/aromatic N) is 1. The van der Waals surface area contributed by atoms with Crippen LogP contribution in [0.25, 0.3) is 10.9 Å². The number of hydrogen-bond acceptors (Lipinski definition) is 4. The van der Waals surface area contributed by atoms with E-state index in [0.717, 1.165) is 27.1 Å². The smallest absolute Gasteiger partial charge is 0.315 e. The van der Waals surface area contributed by atoms with Gasteiger partial charge in [0.2, 0.25) is 0 Å². The third-order valence-electron chi connectivity index (χ3n) is 2.78. The molecular formula is C14H14ClNO2S. The van der Waals surface area contributed by atoms with E-state index in [1.165, 1.54) is 18.9 Å². The summed E-state index contributed by atoms with van der Waals surface area (Å²) in [5.41, 5.74) is 2.87. The summed E-state index contributed by atoms with van der Waals surface area (Å²) >= 11 is 7.69. The number of esters is 1. The molecule has 0 fully saturated rings. The summed E-state index contributed by atoms with van der Waals surface area (Å²) in [6.07, 6.45) is 0. The molecule has 3 nitrogen and oxygen atoms in total. The van der Waals surface area contributed by atoms with Gasteiger partial charge in [-0.05, 0) is 31.5 Å². The van der Waals surface area contributed by atoms with Crippen LogP contribution in [0.1, 0.15) is 11.3 Å². The molecule has 0 N–H and O–H groups in total. The molecule has 0 bridgehead atoms. The molecule has 0 atom stereocenters. The molecule has 0 aliphatic rings. The summed E-state index contributed by atoms with van der Waals surface area (Å²) in [6.45, 7) is 3.93. The van der Waals surface area contributed by atoms with Crippen molar-refractivity contribution in [3.05, 3.63) is 34.5 Å². The minimum atomic E-state index is -0.253. The van der Waals surface area contributed by atoms with Gasteiger partial charge in [0.25, 0.3) is 0 Å². The minimum Gasteiger partial charge on any atom is -0.468 e. The average molecular weight is 296 g/mol. The Morgan fingerprint density at radius 1 is 1.42 bits per heavy atom. The Kier molecular flexibility index (Phi) is 4.32. The molecule has 5 heteroatoms. The minimum absolute atomic E-state index is 0.253. The lowest BCUT2D eigenvalue weighted by atomic mass is 10.1. The van der Waals surface area contributed by atoms with Crippen molar-refractivity contribution in [1.29, 1.82) is 0 Å². The number of rotatable bonds is 3. The maximum absolute atomic E-state index is 11.3. The van der Waals surface area contributed by atoms with E-state index in [0.29, 0.717) is 5.02 Å². The lowest BCUT2D eigenvalue weighted by Crippen LogP contribution is -2.03. The summed E-state index contributed by atoms with van der Waals surface area (Å²) in [5.74, 6) is 0.00988. The van der Waals surface area contributed by atoms with Crippen molar-refractivity contribution >= 4 is 40.2 Å². The van der Waals surface area contributed by atoms with Crippen molar-refractivity contribution < 1.29 is 9.53 Å². The second-order valence-electron chi connectivity index (χ2n) is 4.21. The Balaban J connectivity index is 2.53. The van der Waals surface area contributed by atoms with E-state index < -0.39 is 0 Å². The first-order chi connectivity index (χ1) is 9.02. The van der Waals surface area contributed by atoms with Crippen molar-refractivity contribution in [3.8, 4) is 0 Å². The summed E-state index contributed by atoms with van der Waals surface area (Å²) in [7, 11) is 1.38. The van der Waals surface area contributed by atoms with Gasteiger partial charge in [0, 0.05) is 16.0 Å². The van der Waals surface area contributed by atoms with E-state index in [9.17, 15) is 4.79 Å². The molecule has 1 heterocycles. The van der Waals surface area contributed by atoms with Crippen molar-refractivity contribution in [2.75, 3.05) is 12.9 Å². The molecule has 0 saturated heterocycles. The monoisotopic (exact) mass is 295 g/mol. The predicted octanol–water partition coefficient (Wildman–Crippen LogP) is 3.77. The van der Waals surface area contributed by atoms with Crippen LogP contribution in [0.15, 0.2) is 23.1 Å². The first-order valence-corrected chi connectivity index (χ1v) is 7.15. The number of thioether (sulfide) groups is 1. The summed E-state index contributed by atoms with van der Waals surface area (Å²) in [6, 6.07) is 5.76. The average Bonchev–Trinajstić information content (AvgIpc) is 2.39. The Morgan fingerprint density at radius 3 is 2.84 bits per heavy atom. The summed E-state index contributed by atoms with van der Waals surface area (Å²) in [5, 5.41) is 1.56. The number of methoxy groups -OCH3 is 1. The topological polar surface area (TPSA) is 39.2 Å². The Hall–Kier alpha value is -1.26. The number of benzene rings is 1. The van der Waals surface area contributed by atoms with Gasteiger partial charge in [-0.15, -0.1) is 11.8 Å². The highest BCUT2D eigenvalue weighted by Gasteiger charge is 2.12. The lowest BCUT2D eigenvalue weighted by Gasteiger charge is -2.10. The van der Waals surface area contributed by atoms with Crippen LogP contribution in [0, 0.1) is 13.8 Å². The maximum Gasteiger partial charge on any atom is 0.315 e. The van der Waals surface area contributed by atoms with Crippen LogP contribution in [0.3, 0.4) is 0 Å². The van der Waals surface area contributed by atoms with Gasteiger partial charge in [0.15, 0.2) is 0 Å². The van der Waals surface area contributed by atoms with Crippen LogP contribution in [-0.2, 0) is 9.53 Å². The molecule has 0 amide bonds. The molecule has 0 saturated carbocycles. The number of pyridine rings is 1. The van der Waals surface area contributed by atoms with E-state index in [2.05, 4.69) is 9.72 Å². The van der Waals surface area contributed by atoms with Crippen LogP contribution in [0.4, 0.5) is 0 Å². The molecule has 19 heavy (non-hydrogen) atoms. The Bertz CT molecular complexity index is 643. The maximum atomic E-state index is 11.3. The van der Waals surface area contributed by atoms with Gasteiger partial charge in [-0.3, -0.25) is 9.78 Å². The predicted molar refractivity (Wildman–Crippen MR) is 79.0 cm³/mol. The van der Waals surface area contributed by atoms with Gasteiger partial charge < -0.3 is 4.74 Å². The van der Waals surface area contributed by atoms with Gasteiger partial charge in [-0.2, -0.15) is 0 Å². The zero-order valence-corrected chi connectivity index (χ0v) is 12.6. The van der Waals surface area contributed by atoms with Crippen LogP contribution >= 0.6 is 23.4 Å². The van der Waals surface area contributed by atoms with Crippen LogP contribution in [-0.4, -0.2) is 23.8 Å². The highest BCUT2D eigenvalue weighted by Crippen LogP contribution is 2.34. The highest BCUT2D eigenvalue weighted by atomic mass is 35.5. The second kappa shape index (κ2) is 5.80. The molecule has 0 aliphatic heterocycles. The number of carbonyl (C=O) groups is 1. The van der Waals surface area contributed by atoms with E-state index in [1.807, 2.05) is 32.0 Å². The SMILES string of the molecule is COC(=O)CSc1cc(C)nc2c(C)ccc(Cl)c12. The van der Waals surface area contributed by atoms with Crippen molar-refractivity contribution in [3.63, 3.8) is 0 Å². The molecular weight excluding hydrogens is 282 g/mol. The van der Waals surface area contributed by atoms with Gasteiger partial charge in [-0.25, -0.2) is 0 Å². The van der Waals surface area contributed by atoms with E-state index in [-0.39, 0.29) is 11.7 Å². The molecule has 1 aromatic heterocycles. The summed E-state index contributed by atoms with van der Waals surface area (Å²) in [4.78, 5) is 16.8. The fourth-order valence-corrected chi connectivity index (χ4v) is 3.14. The second-order valence-corrected chi connectivity index (χ2v) is 5.64. The van der Waals surface area contributed by atoms with Crippen LogP contribution in [0.5, 0.6) is 0 Å². The Morgan fingerprint density at radius 2 is 2.16 bits per heavy atom. The fraction of sp³-hybridized carbons (Fsp3) is 0.286. The van der Waals surface area contributed by atoms with E-state index in [1.54, 1.807) is 0 Å². The number of carbonyl (C=O) groups excluding carboxylic acids is 1. The first kappa shape index (κ1) is 14.2. The highest BCUT2D eigenvalue weighted by molar-refractivity contribution is 8.00. The zero-order valence-electron chi connectivity index (χ0n) is 11.0. The van der Waals surface area contributed by atoms with Crippen LogP contribution < -0.4 is 0 Å². The van der Waals surface area contributed by atoms with E-state index in [4.69, 9.17) is 11.6 Å². The fourth-order valence-electron chi connectivity index (χ4n) is 1.83. The number of aryl methyl sites for hydroxylation is 2. The molecule has 0 aliphatic carbocycles. The molecule has 2 aromatic rings. The molecule has 1 aromatic carbocycles. The molecule has 0 spiro atoms. The van der Waals surface area contributed by atoms with Gasteiger partial charge in [0.1, 0.15) is 0 Å². The number of aromatic nitrogens is 1. The lowest BCUT2D eigenvalue weighted by molar-refractivity contribution is -0.137. The number of hydrogen-bond donors (Lipinski definition) is 0. The largest absolute Gasteiger partial charge is 0.468 e. The van der Waals surface area contributed by atoms with Gasteiger partial charge in [0.05, 0.1) is 23.4 Å². The number of halogens is 1. The van der Waals surface area contributed by atoms with Crippen molar-refractivity contribution in [2.24, 2.45) is 0 Å². The van der Waals surface area contributed by atoms with Gasteiger partial charge >= 0.3 is 5.97 Å². The summed E-state index contributed by atoms with van der Waals surface area (Å²) < 4.78 is 4.66. The Labute approximate surface area is 121 Å². The van der Waals surface area contributed by atoms with Gasteiger partial charge in [-0.1, -0.05) is 17.7 Å². The third-order valence-corrected chi connectivity index (χ3v) is 4.10. The number of fused-ring (bicyclic) bond motifs is 1. The van der Waals surface area contributed by atoms with Crippen LogP contribution in [0.2, 0.25) is 5.02 Å². The quantitative estimate of drug-likeness (QED) is 0.638. The van der Waals surface area contributed by atoms with E-state index >= 15 is 0 Å². The molecule has 100 valence electrons.